The van der Waals surface area contributed by atoms with Gasteiger partial charge in [0.2, 0.25) is 0 Å². The van der Waals surface area contributed by atoms with Gasteiger partial charge >= 0.3 is 0 Å². The summed E-state index contributed by atoms with van der Waals surface area (Å²) in [4.78, 5) is 19.6. The predicted molar refractivity (Wildman–Crippen MR) is 101 cm³/mol. The van der Waals surface area contributed by atoms with Crippen molar-refractivity contribution < 1.29 is 0 Å². The van der Waals surface area contributed by atoms with Crippen LogP contribution in [0.4, 0.5) is 0 Å². The summed E-state index contributed by atoms with van der Waals surface area (Å²) in [6.45, 7) is 4.82. The van der Waals surface area contributed by atoms with E-state index >= 15 is 0 Å². The van der Waals surface area contributed by atoms with Gasteiger partial charge in [-0.05, 0) is 48.1 Å². The summed E-state index contributed by atoms with van der Waals surface area (Å²) in [5.41, 5.74) is 4.11. The van der Waals surface area contributed by atoms with Crippen LogP contribution in [0, 0.1) is 13.8 Å². The van der Waals surface area contributed by atoms with Gasteiger partial charge in [-0.2, -0.15) is 0 Å². The molecule has 124 valence electrons. The van der Waals surface area contributed by atoms with Gasteiger partial charge in [-0.15, -0.1) is 0 Å². The van der Waals surface area contributed by atoms with Gasteiger partial charge in [0, 0.05) is 30.0 Å². The Balaban J connectivity index is 1.70. The van der Waals surface area contributed by atoms with E-state index in [-0.39, 0.29) is 5.56 Å². The first kappa shape index (κ1) is 15.4. The molecule has 0 saturated carbocycles. The second-order valence-corrected chi connectivity index (χ2v) is 6.35. The highest BCUT2D eigenvalue weighted by Crippen LogP contribution is 2.22. The van der Waals surface area contributed by atoms with Crippen molar-refractivity contribution in [3.05, 3.63) is 88.2 Å². The van der Waals surface area contributed by atoms with Crippen LogP contribution in [0.25, 0.3) is 22.0 Å². The van der Waals surface area contributed by atoms with Crippen LogP contribution >= 0.6 is 0 Å². The molecule has 2 aromatic heterocycles. The third kappa shape index (κ3) is 2.87. The van der Waals surface area contributed by atoms with E-state index in [9.17, 15) is 4.79 Å². The Bertz CT molecular complexity index is 1100. The molecule has 0 amide bonds. The van der Waals surface area contributed by atoms with Crippen LogP contribution in [0.1, 0.15) is 17.0 Å². The van der Waals surface area contributed by atoms with Crippen LogP contribution in [0.3, 0.4) is 0 Å². The van der Waals surface area contributed by atoms with Gasteiger partial charge in [0.05, 0.1) is 0 Å². The van der Waals surface area contributed by atoms with Crippen molar-refractivity contribution in [2.24, 2.45) is 0 Å². The van der Waals surface area contributed by atoms with Gasteiger partial charge in [0.1, 0.15) is 5.82 Å². The van der Waals surface area contributed by atoms with Crippen LogP contribution in [-0.4, -0.2) is 14.5 Å². The maximum Gasteiger partial charge on any atom is 0.256 e. The van der Waals surface area contributed by atoms with E-state index in [2.05, 4.69) is 44.9 Å². The molecular weight excluding hydrogens is 310 g/mol. The second kappa shape index (κ2) is 6.06. The lowest BCUT2D eigenvalue weighted by Gasteiger charge is -2.08. The molecule has 0 atom stereocenters. The Morgan fingerprint density at radius 3 is 2.56 bits per heavy atom. The van der Waals surface area contributed by atoms with Crippen molar-refractivity contribution >= 4 is 10.8 Å². The molecular formula is C21H19N3O. The number of imidazole rings is 1. The minimum atomic E-state index is -0.0469. The second-order valence-electron chi connectivity index (χ2n) is 6.35. The van der Waals surface area contributed by atoms with Crippen molar-refractivity contribution in [2.75, 3.05) is 0 Å². The standard InChI is InChI=1S/C21H19N3O/c1-14-4-3-5-18-19(14)12-20(23-21(18)25)17-8-6-16(7-9-17)13-24-11-10-22-15(24)2/h3-12H,13H2,1-2H3,(H,23,25). The summed E-state index contributed by atoms with van der Waals surface area (Å²) in [6, 6.07) is 16.2. The van der Waals surface area contributed by atoms with Gasteiger partial charge < -0.3 is 9.55 Å². The largest absolute Gasteiger partial charge is 0.331 e. The Morgan fingerprint density at radius 2 is 1.84 bits per heavy atom. The zero-order valence-corrected chi connectivity index (χ0v) is 14.3. The Kier molecular flexibility index (Phi) is 3.73. The molecule has 0 fully saturated rings. The number of nitrogens with one attached hydrogen (secondary N) is 1. The van der Waals surface area contributed by atoms with Crippen molar-refractivity contribution in [3.8, 4) is 11.3 Å². The van der Waals surface area contributed by atoms with Gasteiger partial charge in [-0.3, -0.25) is 4.79 Å². The van der Waals surface area contributed by atoms with Crippen LogP contribution < -0.4 is 5.56 Å². The summed E-state index contributed by atoms with van der Waals surface area (Å²) in [5.74, 6) is 0.999. The predicted octanol–water partition coefficient (Wildman–Crippen LogP) is 4.06. The van der Waals surface area contributed by atoms with Gasteiger partial charge in [-0.25, -0.2) is 4.98 Å². The Labute approximate surface area is 145 Å². The molecule has 0 saturated heterocycles. The number of aromatic nitrogens is 3. The minimum Gasteiger partial charge on any atom is -0.331 e. The number of H-pyrrole nitrogens is 1. The molecule has 4 rings (SSSR count). The molecule has 4 aromatic rings. The lowest BCUT2D eigenvalue weighted by molar-refractivity contribution is 0.762. The Hall–Kier alpha value is -3.14. The fourth-order valence-corrected chi connectivity index (χ4v) is 3.15. The summed E-state index contributed by atoms with van der Waals surface area (Å²) in [7, 11) is 0. The lowest BCUT2D eigenvalue weighted by atomic mass is 10.0. The molecule has 2 heterocycles. The fraction of sp³-hybridized carbons (Fsp3) is 0.143. The number of rotatable bonds is 3. The number of benzene rings is 2. The van der Waals surface area contributed by atoms with Gasteiger partial charge in [-0.1, -0.05) is 36.4 Å². The molecule has 0 unspecified atom stereocenters. The van der Waals surface area contributed by atoms with Crippen molar-refractivity contribution in [3.63, 3.8) is 0 Å². The third-order valence-corrected chi connectivity index (χ3v) is 4.65. The number of hydrogen-bond acceptors (Lipinski definition) is 2. The van der Waals surface area contributed by atoms with Crippen molar-refractivity contribution in [2.45, 2.75) is 20.4 Å². The van der Waals surface area contributed by atoms with E-state index in [4.69, 9.17) is 0 Å². The fourth-order valence-electron chi connectivity index (χ4n) is 3.15. The first-order valence-corrected chi connectivity index (χ1v) is 8.31. The first-order valence-electron chi connectivity index (χ1n) is 8.31. The molecule has 25 heavy (non-hydrogen) atoms. The zero-order valence-electron chi connectivity index (χ0n) is 14.3. The quantitative estimate of drug-likeness (QED) is 0.616. The van der Waals surface area contributed by atoms with Crippen molar-refractivity contribution in [1.82, 2.24) is 14.5 Å². The number of nitrogens with zero attached hydrogens (tertiary/aromatic N) is 2. The monoisotopic (exact) mass is 329 g/mol. The SMILES string of the molecule is Cc1cccc2c(=O)[nH]c(-c3ccc(Cn4ccnc4C)cc3)cc12. The molecule has 0 bridgehead atoms. The van der Waals surface area contributed by atoms with Crippen LogP contribution in [0.5, 0.6) is 0 Å². The van der Waals surface area contributed by atoms with Crippen LogP contribution in [0.15, 0.2) is 65.7 Å². The van der Waals surface area contributed by atoms with Gasteiger partial charge in [0.25, 0.3) is 5.56 Å². The number of hydrogen-bond donors (Lipinski definition) is 1. The average Bonchev–Trinajstić information content (AvgIpc) is 3.01. The highest BCUT2D eigenvalue weighted by Gasteiger charge is 2.06. The van der Waals surface area contributed by atoms with Crippen LogP contribution in [-0.2, 0) is 6.54 Å². The molecule has 4 heteroatoms. The maximum absolute atomic E-state index is 12.4. The van der Waals surface area contributed by atoms with E-state index in [1.165, 1.54) is 5.56 Å². The van der Waals surface area contributed by atoms with Gasteiger partial charge in [0.15, 0.2) is 0 Å². The minimum absolute atomic E-state index is 0.0469. The third-order valence-electron chi connectivity index (χ3n) is 4.65. The number of fused-ring (bicyclic) bond motifs is 1. The molecule has 0 aliphatic heterocycles. The maximum atomic E-state index is 12.4. The Morgan fingerprint density at radius 1 is 1.04 bits per heavy atom. The van der Waals surface area contributed by atoms with E-state index in [1.807, 2.05) is 44.4 Å². The summed E-state index contributed by atoms with van der Waals surface area (Å²) >= 11 is 0. The topological polar surface area (TPSA) is 50.7 Å². The average molecular weight is 329 g/mol. The molecule has 0 aliphatic carbocycles. The molecule has 0 spiro atoms. The van der Waals surface area contributed by atoms with E-state index < -0.39 is 0 Å². The number of aromatic amines is 1. The molecule has 4 nitrogen and oxygen atoms in total. The number of aryl methyl sites for hydroxylation is 2. The highest BCUT2D eigenvalue weighted by molar-refractivity contribution is 5.87. The molecule has 1 N–H and O–H groups in total. The number of pyridine rings is 1. The zero-order chi connectivity index (χ0) is 17.4. The van der Waals surface area contributed by atoms with E-state index in [0.29, 0.717) is 0 Å². The normalized spacial score (nSPS) is 11.1. The van der Waals surface area contributed by atoms with Crippen molar-refractivity contribution in [1.29, 1.82) is 0 Å². The summed E-state index contributed by atoms with van der Waals surface area (Å²) in [5, 5.41) is 1.73. The molecule has 0 aliphatic rings. The lowest BCUT2D eigenvalue weighted by Crippen LogP contribution is -2.07. The summed E-state index contributed by atoms with van der Waals surface area (Å²) < 4.78 is 2.11. The first-order chi connectivity index (χ1) is 12.1. The van der Waals surface area contributed by atoms with E-state index in [0.717, 1.165) is 40.0 Å². The van der Waals surface area contributed by atoms with E-state index in [1.54, 1.807) is 0 Å². The van der Waals surface area contributed by atoms with Crippen LogP contribution in [0.2, 0.25) is 0 Å². The molecule has 2 aromatic carbocycles. The molecule has 0 radical (unpaired) electrons. The smallest absolute Gasteiger partial charge is 0.256 e. The summed E-state index contributed by atoms with van der Waals surface area (Å²) in [6.07, 6.45) is 3.79. The highest BCUT2D eigenvalue weighted by atomic mass is 16.1.